The molecule has 0 bridgehead atoms. The van der Waals surface area contributed by atoms with E-state index < -0.39 is 5.97 Å². The third-order valence-electron chi connectivity index (χ3n) is 5.68. The van der Waals surface area contributed by atoms with Crippen molar-refractivity contribution in [3.8, 4) is 0 Å². The van der Waals surface area contributed by atoms with Gasteiger partial charge in [-0.15, -0.1) is 0 Å². The molecule has 0 heterocycles. The highest BCUT2D eigenvalue weighted by atomic mass is 16.4. The van der Waals surface area contributed by atoms with Gasteiger partial charge in [0.25, 0.3) is 0 Å². The molecule has 0 radical (unpaired) electrons. The van der Waals surface area contributed by atoms with Crippen LogP contribution in [0.25, 0.3) is 0 Å². The van der Waals surface area contributed by atoms with Crippen molar-refractivity contribution in [3.05, 3.63) is 35.9 Å². The fraction of sp³-hybridized carbons (Fsp3) is 0.632. The second-order valence-electron chi connectivity index (χ2n) is 7.28. The molecule has 1 aromatic carbocycles. The molecule has 3 rings (SSSR count). The Morgan fingerprint density at radius 3 is 2.36 bits per heavy atom. The molecule has 120 valence electrons. The lowest BCUT2D eigenvalue weighted by Crippen LogP contribution is -2.46. The molecule has 0 atom stereocenters. The molecule has 0 saturated heterocycles. The van der Waals surface area contributed by atoms with Crippen LogP contribution in [-0.2, 0) is 11.2 Å². The van der Waals surface area contributed by atoms with E-state index >= 15 is 0 Å². The molecule has 0 spiro atoms. The topological polar surface area (TPSA) is 49.3 Å². The molecule has 0 amide bonds. The van der Waals surface area contributed by atoms with Crippen molar-refractivity contribution in [2.24, 2.45) is 11.3 Å². The molecule has 22 heavy (non-hydrogen) atoms. The van der Waals surface area contributed by atoms with E-state index in [-0.39, 0.29) is 5.92 Å². The summed E-state index contributed by atoms with van der Waals surface area (Å²) in [6, 6.07) is 11.3. The number of benzene rings is 1. The molecule has 3 heteroatoms. The van der Waals surface area contributed by atoms with Crippen molar-refractivity contribution in [2.45, 2.75) is 57.4 Å². The Morgan fingerprint density at radius 2 is 1.82 bits per heavy atom. The van der Waals surface area contributed by atoms with Crippen LogP contribution in [0.15, 0.2) is 30.3 Å². The first-order valence-corrected chi connectivity index (χ1v) is 8.67. The maximum absolute atomic E-state index is 11.0. The minimum absolute atomic E-state index is 0.111. The van der Waals surface area contributed by atoms with Gasteiger partial charge in [0.2, 0.25) is 0 Å². The third kappa shape index (κ3) is 3.70. The van der Waals surface area contributed by atoms with Crippen LogP contribution < -0.4 is 5.32 Å². The van der Waals surface area contributed by atoms with Crippen molar-refractivity contribution >= 4 is 5.97 Å². The zero-order valence-corrected chi connectivity index (χ0v) is 13.3. The van der Waals surface area contributed by atoms with Crippen LogP contribution >= 0.6 is 0 Å². The molecule has 2 fully saturated rings. The Morgan fingerprint density at radius 1 is 1.14 bits per heavy atom. The first-order valence-electron chi connectivity index (χ1n) is 8.67. The Hall–Kier alpha value is -1.35. The fourth-order valence-corrected chi connectivity index (χ4v) is 4.03. The van der Waals surface area contributed by atoms with E-state index in [0.717, 1.165) is 32.2 Å². The van der Waals surface area contributed by atoms with Gasteiger partial charge in [0, 0.05) is 12.6 Å². The standard InChI is InChI=1S/C19H27NO2/c21-18(22)16-7-9-17(10-8-16)20-14-19(11-4-12-19)13-15-5-2-1-3-6-15/h1-3,5-6,16-17,20H,4,7-14H2,(H,21,22). The van der Waals surface area contributed by atoms with Gasteiger partial charge in [-0.05, 0) is 55.9 Å². The second-order valence-corrected chi connectivity index (χ2v) is 7.28. The largest absolute Gasteiger partial charge is 0.481 e. The number of hydrogen-bond acceptors (Lipinski definition) is 2. The molecule has 0 aromatic heterocycles. The summed E-state index contributed by atoms with van der Waals surface area (Å²) in [5.41, 5.74) is 1.88. The van der Waals surface area contributed by atoms with Gasteiger partial charge in [-0.2, -0.15) is 0 Å². The smallest absolute Gasteiger partial charge is 0.306 e. The minimum atomic E-state index is -0.613. The summed E-state index contributed by atoms with van der Waals surface area (Å²) in [4.78, 5) is 11.0. The Labute approximate surface area is 133 Å². The maximum atomic E-state index is 11.0. The molecule has 2 N–H and O–H groups in total. The Bertz CT molecular complexity index is 487. The molecule has 0 unspecified atom stereocenters. The summed E-state index contributed by atoms with van der Waals surface area (Å²) in [6.07, 6.45) is 8.85. The van der Waals surface area contributed by atoms with Crippen molar-refractivity contribution < 1.29 is 9.90 Å². The van der Waals surface area contributed by atoms with Crippen LogP contribution in [0.5, 0.6) is 0 Å². The van der Waals surface area contributed by atoms with E-state index in [2.05, 4.69) is 35.6 Å². The zero-order valence-electron chi connectivity index (χ0n) is 13.3. The van der Waals surface area contributed by atoms with Crippen LogP contribution in [0.3, 0.4) is 0 Å². The second kappa shape index (κ2) is 6.82. The molecule has 2 aliphatic rings. The molecular formula is C19H27NO2. The summed E-state index contributed by atoms with van der Waals surface area (Å²) in [7, 11) is 0. The highest BCUT2D eigenvalue weighted by Crippen LogP contribution is 2.43. The van der Waals surface area contributed by atoms with Crippen LogP contribution in [0.1, 0.15) is 50.5 Å². The molecule has 3 nitrogen and oxygen atoms in total. The molecular weight excluding hydrogens is 274 g/mol. The van der Waals surface area contributed by atoms with Gasteiger partial charge < -0.3 is 10.4 Å². The van der Waals surface area contributed by atoms with Crippen LogP contribution in [-0.4, -0.2) is 23.7 Å². The first kappa shape index (κ1) is 15.5. The third-order valence-corrected chi connectivity index (χ3v) is 5.68. The monoisotopic (exact) mass is 301 g/mol. The minimum Gasteiger partial charge on any atom is -0.481 e. The summed E-state index contributed by atoms with van der Waals surface area (Å²) >= 11 is 0. The van der Waals surface area contributed by atoms with E-state index in [1.54, 1.807) is 0 Å². The van der Waals surface area contributed by atoms with Gasteiger partial charge in [0.1, 0.15) is 0 Å². The number of carboxylic acid groups (broad SMARTS) is 1. The van der Waals surface area contributed by atoms with Crippen molar-refractivity contribution in [3.63, 3.8) is 0 Å². The highest BCUT2D eigenvalue weighted by molar-refractivity contribution is 5.70. The van der Waals surface area contributed by atoms with Crippen molar-refractivity contribution in [1.82, 2.24) is 5.32 Å². The predicted molar refractivity (Wildman–Crippen MR) is 87.8 cm³/mol. The lowest BCUT2D eigenvalue weighted by atomic mass is 9.65. The molecule has 2 aliphatic carbocycles. The number of nitrogens with one attached hydrogen (secondary N) is 1. The van der Waals surface area contributed by atoms with Crippen molar-refractivity contribution in [2.75, 3.05) is 6.54 Å². The predicted octanol–water partition coefficient (Wildman–Crippen LogP) is 3.63. The Balaban J connectivity index is 1.48. The van der Waals surface area contributed by atoms with Gasteiger partial charge in [0.15, 0.2) is 0 Å². The van der Waals surface area contributed by atoms with Crippen molar-refractivity contribution in [1.29, 1.82) is 0 Å². The van der Waals surface area contributed by atoms with Gasteiger partial charge in [0.05, 0.1) is 5.92 Å². The summed E-state index contributed by atoms with van der Waals surface area (Å²) in [6.45, 7) is 1.09. The fourth-order valence-electron chi connectivity index (χ4n) is 4.03. The zero-order chi connectivity index (χ0) is 15.4. The average Bonchev–Trinajstić information content (AvgIpc) is 2.51. The number of carbonyl (C=O) groups is 1. The molecule has 1 aromatic rings. The maximum Gasteiger partial charge on any atom is 0.306 e. The SMILES string of the molecule is O=C(O)C1CCC(NCC2(Cc3ccccc3)CCC2)CC1. The number of rotatable bonds is 6. The van der Waals surface area contributed by atoms with Gasteiger partial charge in [-0.25, -0.2) is 0 Å². The summed E-state index contributed by atoms with van der Waals surface area (Å²) < 4.78 is 0. The quantitative estimate of drug-likeness (QED) is 0.843. The van der Waals surface area contributed by atoms with Crippen LogP contribution in [0.2, 0.25) is 0 Å². The van der Waals surface area contributed by atoms with Gasteiger partial charge >= 0.3 is 5.97 Å². The van der Waals surface area contributed by atoms with E-state index in [0.29, 0.717) is 11.5 Å². The number of carboxylic acids is 1. The first-order chi connectivity index (χ1) is 10.7. The summed E-state index contributed by atoms with van der Waals surface area (Å²) in [5.74, 6) is -0.724. The van der Waals surface area contributed by atoms with Crippen LogP contribution in [0.4, 0.5) is 0 Å². The molecule has 2 saturated carbocycles. The van der Waals surface area contributed by atoms with Crippen LogP contribution in [0, 0.1) is 11.3 Å². The van der Waals surface area contributed by atoms with E-state index in [1.807, 2.05) is 0 Å². The normalized spacial score (nSPS) is 27.1. The highest BCUT2D eigenvalue weighted by Gasteiger charge is 2.37. The van der Waals surface area contributed by atoms with Gasteiger partial charge in [-0.1, -0.05) is 36.8 Å². The Kier molecular flexibility index (Phi) is 4.82. The number of aliphatic carboxylic acids is 1. The van der Waals surface area contributed by atoms with E-state index in [9.17, 15) is 4.79 Å². The summed E-state index contributed by atoms with van der Waals surface area (Å²) in [5, 5.41) is 12.8. The number of hydrogen-bond donors (Lipinski definition) is 2. The molecule has 0 aliphatic heterocycles. The van der Waals surface area contributed by atoms with E-state index in [1.165, 1.54) is 31.2 Å². The lowest BCUT2D eigenvalue weighted by Gasteiger charge is -2.44. The lowest BCUT2D eigenvalue weighted by molar-refractivity contribution is -0.142. The van der Waals surface area contributed by atoms with E-state index in [4.69, 9.17) is 5.11 Å². The average molecular weight is 301 g/mol. The van der Waals surface area contributed by atoms with Gasteiger partial charge in [-0.3, -0.25) is 4.79 Å².